The second-order valence-corrected chi connectivity index (χ2v) is 11.7. The average Bonchev–Trinajstić information content (AvgIpc) is 3.66. The molecule has 1 saturated heterocycles. The molecule has 0 bridgehead atoms. The summed E-state index contributed by atoms with van der Waals surface area (Å²) in [6.07, 6.45) is 1.34. The lowest BCUT2D eigenvalue weighted by molar-refractivity contribution is -0.155. The van der Waals surface area contributed by atoms with Crippen molar-refractivity contribution in [3.63, 3.8) is 0 Å². The number of methoxy groups -OCH3 is 1. The van der Waals surface area contributed by atoms with Gasteiger partial charge in [0.15, 0.2) is 6.61 Å². The molecule has 0 aliphatic carbocycles. The van der Waals surface area contributed by atoms with Gasteiger partial charge >= 0.3 is 5.97 Å². The maximum atomic E-state index is 13.4. The summed E-state index contributed by atoms with van der Waals surface area (Å²) in [5.41, 5.74) is 3.44. The van der Waals surface area contributed by atoms with Crippen LogP contribution < -0.4 is 4.74 Å². The van der Waals surface area contributed by atoms with Crippen LogP contribution >= 0.6 is 0 Å². The van der Waals surface area contributed by atoms with Crippen molar-refractivity contribution < 1.29 is 27.5 Å². The minimum absolute atomic E-state index is 0.121. The Kier molecular flexibility index (Phi) is 7.99. The molecule has 3 aromatic carbocycles. The molecule has 10 heteroatoms. The molecular weight excluding hydrogens is 530 g/mol. The number of benzene rings is 3. The molecule has 0 spiro atoms. The number of ether oxygens (including phenoxy) is 2. The summed E-state index contributed by atoms with van der Waals surface area (Å²) >= 11 is 0. The van der Waals surface area contributed by atoms with E-state index in [1.54, 1.807) is 19.2 Å². The minimum Gasteiger partial charge on any atom is -0.497 e. The first-order valence-corrected chi connectivity index (χ1v) is 14.6. The number of amides is 1. The van der Waals surface area contributed by atoms with Crippen molar-refractivity contribution in [2.24, 2.45) is 5.10 Å². The molecule has 1 amide bonds. The van der Waals surface area contributed by atoms with Crippen molar-refractivity contribution in [3.8, 4) is 5.75 Å². The van der Waals surface area contributed by atoms with Crippen LogP contribution in [0.15, 0.2) is 88.9 Å². The Balaban J connectivity index is 1.31. The first-order chi connectivity index (χ1) is 19.3. The Morgan fingerprint density at radius 2 is 1.68 bits per heavy atom. The fraction of sp³-hybridized carbons (Fsp3) is 0.300. The monoisotopic (exact) mass is 561 g/mol. The number of nitrogens with zero attached hydrogens (tertiary/aromatic N) is 3. The Bertz CT molecular complexity index is 1510. The van der Waals surface area contributed by atoms with Gasteiger partial charge in [-0.15, -0.1) is 0 Å². The molecule has 0 N–H and O–H groups in total. The number of hydrazone groups is 1. The van der Waals surface area contributed by atoms with Crippen LogP contribution in [0.5, 0.6) is 5.75 Å². The van der Waals surface area contributed by atoms with Crippen LogP contribution in [0.4, 0.5) is 0 Å². The highest BCUT2D eigenvalue weighted by atomic mass is 32.2. The quantitative estimate of drug-likeness (QED) is 0.384. The van der Waals surface area contributed by atoms with Gasteiger partial charge in [0.05, 0.1) is 23.8 Å². The molecule has 0 saturated carbocycles. The predicted molar refractivity (Wildman–Crippen MR) is 149 cm³/mol. The minimum atomic E-state index is -3.89. The van der Waals surface area contributed by atoms with Crippen molar-refractivity contribution in [1.82, 2.24) is 9.31 Å². The number of esters is 1. The summed E-state index contributed by atoms with van der Waals surface area (Å²) in [6, 6.07) is 22.1. The van der Waals surface area contributed by atoms with Crippen LogP contribution in [-0.4, -0.2) is 61.6 Å². The predicted octanol–water partition coefficient (Wildman–Crippen LogP) is 4.08. The van der Waals surface area contributed by atoms with E-state index < -0.39 is 40.6 Å². The van der Waals surface area contributed by atoms with Crippen LogP contribution in [0.1, 0.15) is 42.0 Å². The van der Waals surface area contributed by atoms with E-state index in [1.807, 2.05) is 61.5 Å². The third-order valence-electron chi connectivity index (χ3n) is 7.21. The highest BCUT2D eigenvalue weighted by Gasteiger charge is 2.41. The van der Waals surface area contributed by atoms with E-state index in [9.17, 15) is 18.0 Å². The van der Waals surface area contributed by atoms with Gasteiger partial charge in [-0.05, 0) is 55.2 Å². The molecule has 2 atom stereocenters. The first kappa shape index (κ1) is 27.5. The molecule has 9 nitrogen and oxygen atoms in total. The molecule has 1 fully saturated rings. The third-order valence-corrected chi connectivity index (χ3v) is 9.14. The number of hydrogen-bond donors (Lipinski definition) is 0. The van der Waals surface area contributed by atoms with Crippen LogP contribution in [0, 0.1) is 6.92 Å². The van der Waals surface area contributed by atoms with E-state index in [-0.39, 0.29) is 11.4 Å². The van der Waals surface area contributed by atoms with Gasteiger partial charge in [-0.3, -0.25) is 9.59 Å². The summed E-state index contributed by atoms with van der Waals surface area (Å²) in [6.45, 7) is 1.53. The van der Waals surface area contributed by atoms with Crippen molar-refractivity contribution in [1.29, 1.82) is 0 Å². The zero-order valence-corrected chi connectivity index (χ0v) is 23.2. The van der Waals surface area contributed by atoms with Crippen molar-refractivity contribution in [2.75, 3.05) is 20.3 Å². The number of rotatable bonds is 8. The van der Waals surface area contributed by atoms with Crippen LogP contribution in [0.2, 0.25) is 0 Å². The Morgan fingerprint density at radius 1 is 0.975 bits per heavy atom. The topological polar surface area (TPSA) is 106 Å². The summed E-state index contributed by atoms with van der Waals surface area (Å²) in [7, 11) is -2.30. The van der Waals surface area contributed by atoms with Crippen LogP contribution in [0.3, 0.4) is 0 Å². The zero-order valence-electron chi connectivity index (χ0n) is 22.4. The van der Waals surface area contributed by atoms with Crippen molar-refractivity contribution >= 4 is 27.6 Å². The SMILES string of the molecule is COc1ccc([C@@H]2CC(c3ccccc3)=NN2C(=O)COC(=O)[C@@H]2CCCN2S(=O)(=O)c2ccc(C)cc2)cc1. The van der Waals surface area contributed by atoms with Gasteiger partial charge in [0.1, 0.15) is 11.8 Å². The molecular formula is C30H31N3O6S. The largest absolute Gasteiger partial charge is 0.497 e. The Morgan fingerprint density at radius 3 is 2.35 bits per heavy atom. The van der Waals surface area contributed by atoms with E-state index in [0.29, 0.717) is 25.0 Å². The van der Waals surface area contributed by atoms with Gasteiger partial charge < -0.3 is 9.47 Å². The van der Waals surface area contributed by atoms with Gasteiger partial charge in [-0.1, -0.05) is 60.2 Å². The lowest BCUT2D eigenvalue weighted by Crippen LogP contribution is -2.42. The van der Waals surface area contributed by atoms with Gasteiger partial charge in [0.25, 0.3) is 5.91 Å². The highest BCUT2D eigenvalue weighted by Crippen LogP contribution is 2.34. The van der Waals surface area contributed by atoms with E-state index in [1.165, 1.54) is 21.4 Å². The number of carbonyl (C=O) groups excluding carboxylic acids is 2. The molecule has 40 heavy (non-hydrogen) atoms. The van der Waals surface area contributed by atoms with Gasteiger partial charge in [-0.25, -0.2) is 13.4 Å². The summed E-state index contributed by atoms with van der Waals surface area (Å²) in [4.78, 5) is 26.6. The lowest BCUT2D eigenvalue weighted by atomic mass is 9.98. The number of carbonyl (C=O) groups is 2. The second-order valence-electron chi connectivity index (χ2n) is 9.84. The van der Waals surface area contributed by atoms with E-state index in [0.717, 1.165) is 22.4 Å². The van der Waals surface area contributed by atoms with E-state index in [4.69, 9.17) is 9.47 Å². The highest BCUT2D eigenvalue weighted by molar-refractivity contribution is 7.89. The molecule has 0 radical (unpaired) electrons. The maximum absolute atomic E-state index is 13.4. The number of aryl methyl sites for hydroxylation is 1. The van der Waals surface area contributed by atoms with Gasteiger partial charge in [-0.2, -0.15) is 9.41 Å². The molecule has 0 unspecified atom stereocenters. The third kappa shape index (κ3) is 5.64. The van der Waals surface area contributed by atoms with Gasteiger partial charge in [0.2, 0.25) is 10.0 Å². The maximum Gasteiger partial charge on any atom is 0.324 e. The lowest BCUT2D eigenvalue weighted by Gasteiger charge is -2.24. The van der Waals surface area contributed by atoms with E-state index in [2.05, 4.69) is 5.10 Å². The molecule has 5 rings (SSSR count). The van der Waals surface area contributed by atoms with Crippen LogP contribution in [0.25, 0.3) is 0 Å². The first-order valence-electron chi connectivity index (χ1n) is 13.1. The summed E-state index contributed by atoms with van der Waals surface area (Å²) in [5.74, 6) is -0.542. The molecule has 3 aromatic rings. The number of sulfonamides is 1. The Hall–Kier alpha value is -4.02. The molecule has 2 aliphatic heterocycles. The van der Waals surface area contributed by atoms with E-state index >= 15 is 0 Å². The fourth-order valence-electron chi connectivity index (χ4n) is 5.04. The zero-order chi connectivity index (χ0) is 28.3. The summed E-state index contributed by atoms with van der Waals surface area (Å²) < 4.78 is 38.3. The van der Waals surface area contributed by atoms with Crippen molar-refractivity contribution in [2.45, 2.75) is 43.2 Å². The molecule has 2 heterocycles. The molecule has 208 valence electrons. The summed E-state index contributed by atoms with van der Waals surface area (Å²) in [5, 5.41) is 5.96. The number of hydrogen-bond acceptors (Lipinski definition) is 7. The average molecular weight is 562 g/mol. The molecule has 2 aliphatic rings. The van der Waals surface area contributed by atoms with Crippen LogP contribution in [-0.2, 0) is 24.3 Å². The second kappa shape index (κ2) is 11.6. The fourth-order valence-corrected chi connectivity index (χ4v) is 6.68. The smallest absolute Gasteiger partial charge is 0.324 e. The molecule has 0 aromatic heterocycles. The Labute approximate surface area is 234 Å². The van der Waals surface area contributed by atoms with Crippen molar-refractivity contribution in [3.05, 3.63) is 95.6 Å². The van der Waals surface area contributed by atoms with Gasteiger partial charge in [0, 0.05) is 13.0 Å². The normalized spacial score (nSPS) is 19.4. The standard InChI is InChI=1S/C30H31N3O6S/c1-21-10-16-25(17-11-21)40(36,37)32-18-6-9-27(32)30(35)39-20-29(34)33-28(23-12-14-24(38-2)15-13-23)19-26(31-33)22-7-4-3-5-8-22/h3-5,7-8,10-17,27-28H,6,9,18-20H2,1-2H3/t27-,28-/m0/s1.